The average Bonchev–Trinajstić information content (AvgIpc) is 2.82. The Morgan fingerprint density at radius 1 is 1.42 bits per heavy atom. The summed E-state index contributed by atoms with van der Waals surface area (Å²) >= 11 is 1.32. The molecule has 0 saturated heterocycles. The number of hydrogen-bond acceptors (Lipinski definition) is 3. The van der Waals surface area contributed by atoms with E-state index in [-0.39, 0.29) is 0 Å². The standard InChI is InChI=1S/C14H18N2O2S/c1-5-12-8(2)15-16(9(12)3)7-11-6-13(14(17)18)19-10(11)4/h6H,5,7H2,1-4H3,(H,17,18). The second-order valence-corrected chi connectivity index (χ2v) is 5.91. The smallest absolute Gasteiger partial charge is 0.345 e. The molecule has 0 spiro atoms. The molecule has 0 bridgehead atoms. The second-order valence-electron chi connectivity index (χ2n) is 4.66. The van der Waals surface area contributed by atoms with E-state index in [9.17, 15) is 4.79 Å². The first-order valence-corrected chi connectivity index (χ1v) is 7.11. The Morgan fingerprint density at radius 3 is 2.58 bits per heavy atom. The number of aromatic nitrogens is 2. The van der Waals surface area contributed by atoms with E-state index in [0.717, 1.165) is 22.6 Å². The lowest BCUT2D eigenvalue weighted by Gasteiger charge is -2.04. The number of nitrogens with zero attached hydrogens (tertiary/aromatic N) is 2. The Labute approximate surface area is 116 Å². The summed E-state index contributed by atoms with van der Waals surface area (Å²) < 4.78 is 1.97. The minimum Gasteiger partial charge on any atom is -0.477 e. The molecule has 0 aromatic carbocycles. The van der Waals surface area contributed by atoms with Crippen molar-refractivity contribution in [1.29, 1.82) is 0 Å². The number of aryl methyl sites for hydroxylation is 2. The highest BCUT2D eigenvalue weighted by Crippen LogP contribution is 2.23. The van der Waals surface area contributed by atoms with Gasteiger partial charge in [-0.05, 0) is 44.4 Å². The van der Waals surface area contributed by atoms with E-state index in [2.05, 4.69) is 18.9 Å². The van der Waals surface area contributed by atoms with Gasteiger partial charge < -0.3 is 5.11 Å². The first-order chi connectivity index (χ1) is 8.93. The quantitative estimate of drug-likeness (QED) is 0.934. The molecule has 2 aromatic rings. The molecule has 2 aromatic heterocycles. The van der Waals surface area contributed by atoms with Gasteiger partial charge >= 0.3 is 5.97 Å². The van der Waals surface area contributed by atoms with Gasteiger partial charge in [0.15, 0.2) is 0 Å². The number of thiophene rings is 1. The molecule has 0 aliphatic heterocycles. The Hall–Kier alpha value is -1.62. The van der Waals surface area contributed by atoms with Gasteiger partial charge in [0.25, 0.3) is 0 Å². The molecule has 5 heteroatoms. The third-order valence-electron chi connectivity index (χ3n) is 3.44. The molecule has 0 aliphatic rings. The fourth-order valence-corrected chi connectivity index (χ4v) is 3.22. The van der Waals surface area contributed by atoms with E-state index in [1.807, 2.05) is 18.5 Å². The van der Waals surface area contributed by atoms with Crippen LogP contribution in [0.5, 0.6) is 0 Å². The van der Waals surface area contributed by atoms with Crippen molar-refractivity contribution in [1.82, 2.24) is 9.78 Å². The molecule has 0 unspecified atom stereocenters. The topological polar surface area (TPSA) is 55.1 Å². The van der Waals surface area contributed by atoms with Gasteiger partial charge in [0.05, 0.1) is 12.2 Å². The van der Waals surface area contributed by atoms with Crippen LogP contribution in [-0.2, 0) is 13.0 Å². The first kappa shape index (κ1) is 13.8. The van der Waals surface area contributed by atoms with Gasteiger partial charge in [0.2, 0.25) is 0 Å². The number of carboxylic acids is 1. The fourth-order valence-electron chi connectivity index (χ4n) is 2.34. The normalized spacial score (nSPS) is 10.9. The molecule has 2 rings (SSSR count). The van der Waals surface area contributed by atoms with Crippen molar-refractivity contribution < 1.29 is 9.90 Å². The maximum Gasteiger partial charge on any atom is 0.345 e. The largest absolute Gasteiger partial charge is 0.477 e. The summed E-state index contributed by atoms with van der Waals surface area (Å²) in [6.07, 6.45) is 0.973. The monoisotopic (exact) mass is 278 g/mol. The third-order valence-corrected chi connectivity index (χ3v) is 4.52. The SMILES string of the molecule is CCc1c(C)nn(Cc2cc(C(=O)O)sc2C)c1C. The lowest BCUT2D eigenvalue weighted by atomic mass is 10.1. The average molecular weight is 278 g/mol. The Bertz CT molecular complexity index is 626. The zero-order chi connectivity index (χ0) is 14.2. The van der Waals surface area contributed by atoms with E-state index < -0.39 is 5.97 Å². The van der Waals surface area contributed by atoms with Gasteiger partial charge in [-0.2, -0.15) is 5.10 Å². The van der Waals surface area contributed by atoms with Crippen molar-refractivity contribution in [2.75, 3.05) is 0 Å². The van der Waals surface area contributed by atoms with Crippen molar-refractivity contribution >= 4 is 17.3 Å². The van der Waals surface area contributed by atoms with E-state index >= 15 is 0 Å². The second kappa shape index (κ2) is 5.17. The molecule has 4 nitrogen and oxygen atoms in total. The van der Waals surface area contributed by atoms with E-state index in [4.69, 9.17) is 5.11 Å². The number of aromatic carboxylic acids is 1. The molecular weight excluding hydrogens is 260 g/mol. The van der Waals surface area contributed by atoms with Gasteiger partial charge in [-0.1, -0.05) is 6.92 Å². The van der Waals surface area contributed by atoms with Crippen molar-refractivity contribution in [2.45, 2.75) is 40.7 Å². The maximum absolute atomic E-state index is 11.0. The maximum atomic E-state index is 11.0. The highest BCUT2D eigenvalue weighted by atomic mass is 32.1. The molecule has 19 heavy (non-hydrogen) atoms. The zero-order valence-electron chi connectivity index (χ0n) is 11.6. The summed E-state index contributed by atoms with van der Waals surface area (Å²) in [6.45, 7) is 8.81. The summed E-state index contributed by atoms with van der Waals surface area (Å²) in [5.41, 5.74) is 4.55. The summed E-state index contributed by atoms with van der Waals surface area (Å²) in [4.78, 5) is 12.4. The van der Waals surface area contributed by atoms with Crippen LogP contribution in [0.1, 0.15) is 44.0 Å². The van der Waals surface area contributed by atoms with E-state index in [1.54, 1.807) is 6.07 Å². The van der Waals surface area contributed by atoms with Crippen LogP contribution < -0.4 is 0 Å². The molecular formula is C14H18N2O2S. The third kappa shape index (κ3) is 2.56. The molecule has 2 heterocycles. The number of hydrogen-bond donors (Lipinski definition) is 1. The van der Waals surface area contributed by atoms with Crippen LogP contribution >= 0.6 is 11.3 Å². The number of carboxylic acid groups (broad SMARTS) is 1. The van der Waals surface area contributed by atoms with Crippen LogP contribution in [0.3, 0.4) is 0 Å². The molecule has 0 atom stereocenters. The summed E-state index contributed by atoms with van der Waals surface area (Å²) in [5, 5.41) is 13.6. The van der Waals surface area contributed by atoms with Crippen LogP contribution in [0.4, 0.5) is 0 Å². The lowest BCUT2D eigenvalue weighted by Crippen LogP contribution is -2.04. The molecule has 102 valence electrons. The molecule has 0 saturated carbocycles. The summed E-state index contributed by atoms with van der Waals surface area (Å²) in [7, 11) is 0. The molecule has 1 N–H and O–H groups in total. The Balaban J connectivity index is 2.34. The van der Waals surface area contributed by atoms with Crippen molar-refractivity contribution in [3.8, 4) is 0 Å². The van der Waals surface area contributed by atoms with Crippen LogP contribution in [0.15, 0.2) is 6.07 Å². The summed E-state index contributed by atoms with van der Waals surface area (Å²) in [5.74, 6) is -0.859. The van der Waals surface area contributed by atoms with Crippen LogP contribution in [0.25, 0.3) is 0 Å². The highest BCUT2D eigenvalue weighted by Gasteiger charge is 2.14. The van der Waals surface area contributed by atoms with Gasteiger partial charge in [-0.15, -0.1) is 11.3 Å². The first-order valence-electron chi connectivity index (χ1n) is 6.29. The Kier molecular flexibility index (Phi) is 3.75. The van der Waals surface area contributed by atoms with Gasteiger partial charge in [0.1, 0.15) is 4.88 Å². The predicted molar refractivity (Wildman–Crippen MR) is 76.2 cm³/mol. The fraction of sp³-hybridized carbons (Fsp3) is 0.429. The van der Waals surface area contributed by atoms with Crippen LogP contribution in [-0.4, -0.2) is 20.9 Å². The van der Waals surface area contributed by atoms with Crippen molar-refractivity contribution in [3.05, 3.63) is 38.3 Å². The predicted octanol–water partition coefficient (Wildman–Crippen LogP) is 3.18. The van der Waals surface area contributed by atoms with E-state index in [0.29, 0.717) is 11.4 Å². The highest BCUT2D eigenvalue weighted by molar-refractivity contribution is 7.14. The van der Waals surface area contributed by atoms with Crippen LogP contribution in [0, 0.1) is 20.8 Å². The van der Waals surface area contributed by atoms with Gasteiger partial charge in [-0.25, -0.2) is 4.79 Å². The number of rotatable bonds is 4. The molecule has 0 aliphatic carbocycles. The van der Waals surface area contributed by atoms with E-state index in [1.165, 1.54) is 22.6 Å². The zero-order valence-corrected chi connectivity index (χ0v) is 12.5. The lowest BCUT2D eigenvalue weighted by molar-refractivity contribution is 0.0702. The molecule has 0 radical (unpaired) electrons. The number of carbonyl (C=O) groups is 1. The van der Waals surface area contributed by atoms with Crippen molar-refractivity contribution in [2.24, 2.45) is 0 Å². The minimum atomic E-state index is -0.859. The van der Waals surface area contributed by atoms with Crippen molar-refractivity contribution in [3.63, 3.8) is 0 Å². The Morgan fingerprint density at radius 2 is 2.11 bits per heavy atom. The van der Waals surface area contributed by atoms with Gasteiger partial charge in [-0.3, -0.25) is 4.68 Å². The minimum absolute atomic E-state index is 0.393. The van der Waals surface area contributed by atoms with Gasteiger partial charge in [0, 0.05) is 10.6 Å². The van der Waals surface area contributed by atoms with Crippen LogP contribution in [0.2, 0.25) is 0 Å². The molecule has 0 amide bonds. The summed E-state index contributed by atoms with van der Waals surface area (Å²) in [6, 6.07) is 1.75. The molecule has 0 fully saturated rings.